The highest BCUT2D eigenvalue weighted by molar-refractivity contribution is 6.14. The van der Waals surface area contributed by atoms with E-state index in [9.17, 15) is 4.79 Å². The summed E-state index contributed by atoms with van der Waals surface area (Å²) < 4.78 is 16.5. The van der Waals surface area contributed by atoms with Gasteiger partial charge >= 0.3 is 0 Å². The summed E-state index contributed by atoms with van der Waals surface area (Å²) >= 11 is 0. The van der Waals surface area contributed by atoms with Gasteiger partial charge in [-0.2, -0.15) is 0 Å². The van der Waals surface area contributed by atoms with Crippen LogP contribution in [-0.4, -0.2) is 33.2 Å². The Morgan fingerprint density at radius 3 is 1.52 bits per heavy atom. The van der Waals surface area contributed by atoms with Gasteiger partial charge in [-0.05, 0) is 97.5 Å². The van der Waals surface area contributed by atoms with Crippen molar-refractivity contribution in [2.75, 3.05) is 27.4 Å². The van der Waals surface area contributed by atoms with Crippen molar-refractivity contribution in [1.82, 2.24) is 0 Å². The highest BCUT2D eigenvalue weighted by Crippen LogP contribution is 2.28. The summed E-state index contributed by atoms with van der Waals surface area (Å²) in [5.74, 6) is 1.74. The normalized spacial score (nSPS) is 17.1. The van der Waals surface area contributed by atoms with Crippen LogP contribution in [0.4, 0.5) is 0 Å². The predicted molar refractivity (Wildman–Crippen MR) is 117 cm³/mol. The molecule has 0 aromatic heterocycles. The molecule has 152 valence electrons. The molecule has 2 aromatic rings. The Morgan fingerprint density at radius 2 is 1.14 bits per heavy atom. The van der Waals surface area contributed by atoms with E-state index in [4.69, 9.17) is 14.2 Å². The van der Waals surface area contributed by atoms with Gasteiger partial charge < -0.3 is 14.2 Å². The first kappa shape index (κ1) is 20.9. The van der Waals surface area contributed by atoms with Gasteiger partial charge in [0.25, 0.3) is 0 Å². The number of carbonyl (C=O) groups is 1. The molecule has 29 heavy (non-hydrogen) atoms. The third-order valence-electron chi connectivity index (χ3n) is 5.32. The van der Waals surface area contributed by atoms with E-state index in [1.165, 1.54) is 0 Å². The summed E-state index contributed by atoms with van der Waals surface area (Å²) in [5, 5.41) is 0. The minimum atomic E-state index is 0.0389. The Balaban J connectivity index is 1.95. The molecule has 1 aliphatic heterocycles. The van der Waals surface area contributed by atoms with Crippen LogP contribution in [0.1, 0.15) is 33.4 Å². The van der Waals surface area contributed by atoms with Crippen LogP contribution in [-0.2, 0) is 9.53 Å². The van der Waals surface area contributed by atoms with E-state index in [0.717, 1.165) is 44.9 Å². The molecule has 0 saturated carbocycles. The molecule has 0 aliphatic carbocycles. The fourth-order valence-electron chi connectivity index (χ4n) is 3.57. The highest BCUT2D eigenvalue weighted by atomic mass is 16.5. The summed E-state index contributed by atoms with van der Waals surface area (Å²) in [6.45, 7) is 8.67. The van der Waals surface area contributed by atoms with Gasteiger partial charge in [0.15, 0.2) is 5.78 Å². The Bertz CT molecular complexity index is 932. The van der Waals surface area contributed by atoms with Crippen molar-refractivity contribution < 1.29 is 19.0 Å². The second kappa shape index (κ2) is 8.66. The van der Waals surface area contributed by atoms with Gasteiger partial charge in [-0.3, -0.25) is 4.79 Å². The molecule has 0 unspecified atom stereocenters. The van der Waals surface area contributed by atoms with Crippen LogP contribution in [0.15, 0.2) is 35.4 Å². The maximum absolute atomic E-state index is 13.1. The topological polar surface area (TPSA) is 44.8 Å². The molecule has 0 N–H and O–H groups in total. The number of benzene rings is 2. The van der Waals surface area contributed by atoms with E-state index >= 15 is 0 Å². The van der Waals surface area contributed by atoms with E-state index in [0.29, 0.717) is 24.4 Å². The Morgan fingerprint density at radius 1 is 0.724 bits per heavy atom. The monoisotopic (exact) mass is 392 g/mol. The third kappa shape index (κ3) is 4.43. The van der Waals surface area contributed by atoms with Crippen LogP contribution in [0.25, 0.3) is 12.2 Å². The molecule has 0 radical (unpaired) electrons. The van der Waals surface area contributed by atoms with Crippen LogP contribution in [0.3, 0.4) is 0 Å². The minimum Gasteiger partial charge on any atom is -0.496 e. The zero-order chi connectivity index (χ0) is 21.1. The number of aryl methyl sites for hydroxylation is 4. The summed E-state index contributed by atoms with van der Waals surface area (Å²) in [4.78, 5) is 13.1. The molecule has 0 spiro atoms. The maximum Gasteiger partial charge on any atom is 0.189 e. The Labute approximate surface area is 172 Å². The average molecular weight is 392 g/mol. The number of hydrogen-bond donors (Lipinski definition) is 0. The summed E-state index contributed by atoms with van der Waals surface area (Å²) in [7, 11) is 3.33. The van der Waals surface area contributed by atoms with Crippen LogP contribution in [0.5, 0.6) is 11.5 Å². The lowest BCUT2D eigenvalue weighted by molar-refractivity contribution is -0.114. The lowest BCUT2D eigenvalue weighted by Crippen LogP contribution is -2.22. The molecule has 0 atom stereocenters. The van der Waals surface area contributed by atoms with Crippen molar-refractivity contribution in [2.45, 2.75) is 27.7 Å². The van der Waals surface area contributed by atoms with E-state index in [2.05, 4.69) is 0 Å². The summed E-state index contributed by atoms with van der Waals surface area (Å²) in [6, 6.07) is 8.08. The average Bonchev–Trinajstić information content (AvgIpc) is 2.69. The lowest BCUT2D eigenvalue weighted by Gasteiger charge is -2.19. The molecule has 1 saturated heterocycles. The van der Waals surface area contributed by atoms with Crippen molar-refractivity contribution in [3.63, 3.8) is 0 Å². The van der Waals surface area contributed by atoms with Crippen LogP contribution in [0.2, 0.25) is 0 Å². The van der Waals surface area contributed by atoms with E-state index in [1.54, 1.807) is 14.2 Å². The number of Topliss-reactive ketones (excluding diaryl/α,β-unsaturated/α-hetero) is 1. The first-order chi connectivity index (χ1) is 13.8. The minimum absolute atomic E-state index is 0.0389. The van der Waals surface area contributed by atoms with Crippen molar-refractivity contribution in [2.24, 2.45) is 0 Å². The fraction of sp³-hybridized carbons (Fsp3) is 0.320. The van der Waals surface area contributed by atoms with Gasteiger partial charge in [0.05, 0.1) is 27.4 Å². The highest BCUT2D eigenvalue weighted by Gasteiger charge is 2.22. The molecule has 0 amide bonds. The van der Waals surface area contributed by atoms with Gasteiger partial charge in [0.1, 0.15) is 11.5 Å². The van der Waals surface area contributed by atoms with Crippen LogP contribution >= 0.6 is 0 Å². The fourth-order valence-corrected chi connectivity index (χ4v) is 3.57. The standard InChI is InChI=1S/C25H28O4/c1-15-9-23(27-5)17(3)7-19(15)11-21-13-29-14-22(25(21)26)12-20-8-18(4)24(28-6)10-16(20)2/h7-12H,13-14H2,1-6H3/b21-11-,22-12?. The van der Waals surface area contributed by atoms with Crippen LogP contribution in [0, 0.1) is 27.7 Å². The van der Waals surface area contributed by atoms with Gasteiger partial charge in [-0.1, -0.05) is 0 Å². The molecule has 1 fully saturated rings. The molecule has 1 heterocycles. The summed E-state index contributed by atoms with van der Waals surface area (Å²) in [5.41, 5.74) is 7.54. The molecular formula is C25H28O4. The predicted octanol–water partition coefficient (Wildman–Crippen LogP) is 5.00. The Hall–Kier alpha value is -2.85. The molecular weight excluding hydrogens is 364 g/mol. The first-order valence-electron chi connectivity index (χ1n) is 9.68. The van der Waals surface area contributed by atoms with Crippen LogP contribution < -0.4 is 9.47 Å². The lowest BCUT2D eigenvalue weighted by atomic mass is 9.94. The van der Waals surface area contributed by atoms with Crippen molar-refractivity contribution in [3.05, 3.63) is 68.8 Å². The smallest absolute Gasteiger partial charge is 0.189 e. The molecule has 2 aromatic carbocycles. The molecule has 4 heteroatoms. The SMILES string of the molecule is COc1cc(C)c(C=C2COC/C(=C/c3cc(C)c(OC)cc3C)C2=O)cc1C. The van der Waals surface area contributed by atoms with Crippen molar-refractivity contribution in [3.8, 4) is 11.5 Å². The molecule has 1 aliphatic rings. The summed E-state index contributed by atoms with van der Waals surface area (Å²) in [6.07, 6.45) is 3.87. The van der Waals surface area contributed by atoms with E-state index in [1.807, 2.05) is 64.1 Å². The molecule has 0 bridgehead atoms. The van der Waals surface area contributed by atoms with Gasteiger partial charge in [-0.25, -0.2) is 0 Å². The maximum atomic E-state index is 13.1. The second-order valence-electron chi connectivity index (χ2n) is 7.52. The molecule has 3 rings (SSSR count). The van der Waals surface area contributed by atoms with Crippen molar-refractivity contribution in [1.29, 1.82) is 0 Å². The first-order valence-corrected chi connectivity index (χ1v) is 9.68. The quantitative estimate of drug-likeness (QED) is 0.687. The number of hydrogen-bond acceptors (Lipinski definition) is 4. The molecule has 4 nitrogen and oxygen atoms in total. The zero-order valence-corrected chi connectivity index (χ0v) is 18.0. The number of methoxy groups -OCH3 is 2. The van der Waals surface area contributed by atoms with E-state index in [-0.39, 0.29) is 5.78 Å². The van der Waals surface area contributed by atoms with E-state index < -0.39 is 0 Å². The third-order valence-corrected chi connectivity index (χ3v) is 5.32. The number of rotatable bonds is 4. The number of ketones is 1. The second-order valence-corrected chi connectivity index (χ2v) is 7.52. The van der Waals surface area contributed by atoms with Gasteiger partial charge in [-0.15, -0.1) is 0 Å². The number of carbonyl (C=O) groups excluding carboxylic acids is 1. The van der Waals surface area contributed by atoms with Gasteiger partial charge in [0, 0.05) is 11.1 Å². The van der Waals surface area contributed by atoms with Gasteiger partial charge in [0.2, 0.25) is 0 Å². The number of ether oxygens (including phenoxy) is 3. The largest absolute Gasteiger partial charge is 0.496 e. The van der Waals surface area contributed by atoms with Crippen molar-refractivity contribution >= 4 is 17.9 Å². The zero-order valence-electron chi connectivity index (χ0n) is 18.0. The Kier molecular flexibility index (Phi) is 6.23.